The Morgan fingerprint density at radius 2 is 2.22 bits per heavy atom. The largest absolute Gasteiger partial charge is 0.352 e. The lowest BCUT2D eigenvalue weighted by molar-refractivity contribution is -0.0905. The molecule has 2 aliphatic heterocycles. The van der Waals surface area contributed by atoms with Crippen molar-refractivity contribution in [3.63, 3.8) is 0 Å². The lowest BCUT2D eigenvalue weighted by Crippen LogP contribution is -2.28. The summed E-state index contributed by atoms with van der Waals surface area (Å²) in [4.78, 5) is 0. The van der Waals surface area contributed by atoms with Gasteiger partial charge in [-0.1, -0.05) is 0 Å². The minimum atomic E-state index is 0.0278. The quantitative estimate of drug-likeness (QED) is 0.488. The van der Waals surface area contributed by atoms with Crippen molar-refractivity contribution in [1.82, 2.24) is 0 Å². The number of hydrogen-bond acceptors (Lipinski definition) is 3. The topological polar surface area (TPSA) is 44.5 Å². The summed E-state index contributed by atoms with van der Waals surface area (Å²) >= 11 is 0. The first-order chi connectivity index (χ1) is 4.38. The van der Waals surface area contributed by atoms with E-state index in [0.717, 1.165) is 13.0 Å². The van der Waals surface area contributed by atoms with Crippen molar-refractivity contribution in [3.05, 3.63) is 0 Å². The van der Waals surface area contributed by atoms with Crippen LogP contribution in [0, 0.1) is 5.92 Å². The molecule has 2 fully saturated rings. The normalized spacial score (nSPS) is 49.7. The van der Waals surface area contributed by atoms with E-state index in [-0.39, 0.29) is 12.3 Å². The Balaban J connectivity index is 2.07. The Hall–Kier alpha value is -0.120. The fraction of sp³-hybridized carbons (Fsp3) is 1.00. The molecule has 3 atom stereocenters. The molecule has 2 rings (SSSR count). The summed E-state index contributed by atoms with van der Waals surface area (Å²) in [7, 11) is 0. The number of nitrogens with two attached hydrogens (primary N) is 1. The van der Waals surface area contributed by atoms with Gasteiger partial charge in [-0.25, -0.2) is 0 Å². The van der Waals surface area contributed by atoms with E-state index in [1.54, 1.807) is 0 Å². The Morgan fingerprint density at radius 3 is 3.00 bits per heavy atom. The van der Waals surface area contributed by atoms with E-state index < -0.39 is 0 Å². The van der Waals surface area contributed by atoms with Gasteiger partial charge in [-0.05, 0) is 6.42 Å². The highest BCUT2D eigenvalue weighted by atomic mass is 16.7. The molecule has 2 heterocycles. The summed E-state index contributed by atoms with van der Waals surface area (Å²) in [5.74, 6) is 0.477. The maximum absolute atomic E-state index is 5.71. The first-order valence-electron chi connectivity index (χ1n) is 3.37. The first kappa shape index (κ1) is 5.65. The fourth-order valence-corrected chi connectivity index (χ4v) is 1.50. The second-order valence-corrected chi connectivity index (χ2v) is 2.69. The number of rotatable bonds is 0. The van der Waals surface area contributed by atoms with Crippen LogP contribution in [0.3, 0.4) is 0 Å². The van der Waals surface area contributed by atoms with Gasteiger partial charge >= 0.3 is 0 Å². The summed E-state index contributed by atoms with van der Waals surface area (Å²) in [6, 6.07) is 0.220. The monoisotopic (exact) mass is 129 g/mol. The molecule has 0 saturated carbocycles. The molecule has 2 saturated heterocycles. The SMILES string of the molecule is NC1CO[C@H]2OCC[C@@H]12. The number of fused-ring (bicyclic) bond motifs is 1. The van der Waals surface area contributed by atoms with Gasteiger partial charge in [-0.15, -0.1) is 0 Å². The highest BCUT2D eigenvalue weighted by Crippen LogP contribution is 2.29. The average Bonchev–Trinajstić information content (AvgIpc) is 2.35. The van der Waals surface area contributed by atoms with E-state index in [0.29, 0.717) is 12.5 Å². The van der Waals surface area contributed by atoms with Crippen LogP contribution in [0.25, 0.3) is 0 Å². The van der Waals surface area contributed by atoms with Gasteiger partial charge < -0.3 is 15.2 Å². The van der Waals surface area contributed by atoms with Crippen molar-refractivity contribution >= 4 is 0 Å². The van der Waals surface area contributed by atoms with E-state index in [1.165, 1.54) is 0 Å². The van der Waals surface area contributed by atoms with Gasteiger partial charge in [0.05, 0.1) is 13.2 Å². The van der Waals surface area contributed by atoms with Crippen LogP contribution in [0.4, 0.5) is 0 Å². The van der Waals surface area contributed by atoms with Crippen LogP contribution in [0.1, 0.15) is 6.42 Å². The predicted octanol–water partition coefficient (Wildman–Crippen LogP) is -0.294. The third-order valence-electron chi connectivity index (χ3n) is 2.09. The zero-order chi connectivity index (χ0) is 6.27. The molecule has 2 N–H and O–H groups in total. The van der Waals surface area contributed by atoms with Crippen LogP contribution in [0.2, 0.25) is 0 Å². The fourth-order valence-electron chi connectivity index (χ4n) is 1.50. The van der Waals surface area contributed by atoms with Crippen LogP contribution in [0.5, 0.6) is 0 Å². The van der Waals surface area contributed by atoms with Crippen LogP contribution in [0.15, 0.2) is 0 Å². The van der Waals surface area contributed by atoms with Crippen LogP contribution < -0.4 is 5.73 Å². The molecule has 0 radical (unpaired) electrons. The summed E-state index contributed by atoms with van der Waals surface area (Å²) < 4.78 is 10.5. The lowest BCUT2D eigenvalue weighted by Gasteiger charge is -2.07. The third-order valence-corrected chi connectivity index (χ3v) is 2.09. The van der Waals surface area contributed by atoms with Gasteiger partial charge in [0.1, 0.15) is 0 Å². The molecule has 0 aromatic carbocycles. The van der Waals surface area contributed by atoms with Crippen LogP contribution >= 0.6 is 0 Å². The zero-order valence-corrected chi connectivity index (χ0v) is 5.25. The molecule has 9 heavy (non-hydrogen) atoms. The summed E-state index contributed by atoms with van der Waals surface area (Å²) in [5, 5.41) is 0. The molecule has 0 bridgehead atoms. The molecule has 0 spiro atoms. The van der Waals surface area contributed by atoms with Crippen molar-refractivity contribution in [1.29, 1.82) is 0 Å². The van der Waals surface area contributed by atoms with E-state index in [1.807, 2.05) is 0 Å². The molecule has 0 aliphatic carbocycles. The summed E-state index contributed by atoms with van der Waals surface area (Å²) in [6.07, 6.45) is 1.10. The molecule has 3 heteroatoms. The van der Waals surface area contributed by atoms with Crippen molar-refractivity contribution in [2.45, 2.75) is 18.8 Å². The standard InChI is InChI=1S/C6H11NO2/c7-5-3-9-6-4(5)1-2-8-6/h4-6H,1-3,7H2/t4-,5?,6+/m0/s1. The summed E-state index contributed by atoms with van der Waals surface area (Å²) in [6.45, 7) is 1.50. The van der Waals surface area contributed by atoms with Gasteiger partial charge in [0, 0.05) is 12.0 Å². The Labute approximate surface area is 54.1 Å². The second kappa shape index (κ2) is 1.94. The molecule has 0 aromatic rings. The first-order valence-corrected chi connectivity index (χ1v) is 3.37. The third kappa shape index (κ3) is 0.764. The Morgan fingerprint density at radius 1 is 1.33 bits per heavy atom. The van der Waals surface area contributed by atoms with Crippen molar-refractivity contribution < 1.29 is 9.47 Å². The summed E-state index contributed by atoms with van der Waals surface area (Å²) in [5.41, 5.74) is 5.71. The molecule has 1 unspecified atom stereocenters. The lowest BCUT2D eigenvalue weighted by atomic mass is 10.0. The smallest absolute Gasteiger partial charge is 0.162 e. The minimum Gasteiger partial charge on any atom is -0.352 e. The molecular formula is C6H11NO2. The highest BCUT2D eigenvalue weighted by Gasteiger charge is 2.39. The maximum atomic E-state index is 5.71. The molecule has 0 aromatic heterocycles. The van der Waals surface area contributed by atoms with Gasteiger partial charge in [-0.3, -0.25) is 0 Å². The van der Waals surface area contributed by atoms with Crippen molar-refractivity contribution in [2.24, 2.45) is 11.7 Å². The molecule has 52 valence electrons. The zero-order valence-electron chi connectivity index (χ0n) is 5.25. The van der Waals surface area contributed by atoms with E-state index in [9.17, 15) is 0 Å². The highest BCUT2D eigenvalue weighted by molar-refractivity contribution is 4.84. The molecule has 3 nitrogen and oxygen atoms in total. The van der Waals surface area contributed by atoms with E-state index in [4.69, 9.17) is 15.2 Å². The van der Waals surface area contributed by atoms with Gasteiger partial charge in [0.2, 0.25) is 0 Å². The van der Waals surface area contributed by atoms with Crippen LogP contribution in [-0.4, -0.2) is 25.5 Å². The number of hydrogen-bond donors (Lipinski definition) is 1. The average molecular weight is 129 g/mol. The number of ether oxygens (including phenoxy) is 2. The van der Waals surface area contributed by atoms with Gasteiger partial charge in [0.15, 0.2) is 6.29 Å². The molecule has 0 amide bonds. The van der Waals surface area contributed by atoms with Crippen LogP contribution in [-0.2, 0) is 9.47 Å². The minimum absolute atomic E-state index is 0.0278. The second-order valence-electron chi connectivity index (χ2n) is 2.69. The Kier molecular flexibility index (Phi) is 1.22. The predicted molar refractivity (Wildman–Crippen MR) is 31.8 cm³/mol. The molecular weight excluding hydrogens is 118 g/mol. The molecule has 2 aliphatic rings. The van der Waals surface area contributed by atoms with Crippen molar-refractivity contribution in [3.8, 4) is 0 Å². The Bertz CT molecular complexity index is 118. The van der Waals surface area contributed by atoms with Gasteiger partial charge in [0.25, 0.3) is 0 Å². The van der Waals surface area contributed by atoms with Crippen molar-refractivity contribution in [2.75, 3.05) is 13.2 Å². The maximum Gasteiger partial charge on any atom is 0.162 e. The van der Waals surface area contributed by atoms with Gasteiger partial charge in [-0.2, -0.15) is 0 Å². The van der Waals surface area contributed by atoms with E-state index in [2.05, 4.69) is 0 Å². The van der Waals surface area contributed by atoms with E-state index >= 15 is 0 Å².